The van der Waals surface area contributed by atoms with Crippen LogP contribution < -0.4 is 0 Å². The summed E-state index contributed by atoms with van der Waals surface area (Å²) >= 11 is 6.63. The third-order valence-corrected chi connectivity index (χ3v) is 3.50. The maximum Gasteiger partial charge on any atom is 0.320 e. The molecule has 1 aliphatic rings. The van der Waals surface area contributed by atoms with Gasteiger partial charge in [0.05, 0.1) is 4.34 Å². The fourth-order valence-corrected chi connectivity index (χ4v) is 2.45. The SMILES string of the molecule is O=C(O)C1(c2csc(Cl)c2)CC1(F)F. The third kappa shape index (κ3) is 1.09. The number of rotatable bonds is 2. The van der Waals surface area contributed by atoms with Crippen molar-refractivity contribution >= 4 is 28.9 Å². The number of alkyl halides is 2. The summed E-state index contributed by atoms with van der Waals surface area (Å²) in [7, 11) is 0. The molecule has 0 aliphatic heterocycles. The monoisotopic (exact) mass is 238 g/mol. The zero-order valence-electron chi connectivity index (χ0n) is 6.76. The molecule has 14 heavy (non-hydrogen) atoms. The van der Waals surface area contributed by atoms with Gasteiger partial charge in [0.25, 0.3) is 5.92 Å². The van der Waals surface area contributed by atoms with Crippen LogP contribution in [0.1, 0.15) is 12.0 Å². The van der Waals surface area contributed by atoms with Gasteiger partial charge in [-0.05, 0) is 17.0 Å². The molecule has 1 unspecified atom stereocenters. The lowest BCUT2D eigenvalue weighted by Gasteiger charge is -2.08. The van der Waals surface area contributed by atoms with Gasteiger partial charge in [-0.15, -0.1) is 11.3 Å². The summed E-state index contributed by atoms with van der Waals surface area (Å²) in [6.45, 7) is 0. The highest BCUT2D eigenvalue weighted by atomic mass is 35.5. The summed E-state index contributed by atoms with van der Waals surface area (Å²) in [5.41, 5.74) is -1.93. The van der Waals surface area contributed by atoms with Crippen LogP contribution in [0.3, 0.4) is 0 Å². The van der Waals surface area contributed by atoms with Crippen molar-refractivity contribution in [3.05, 3.63) is 21.3 Å². The van der Waals surface area contributed by atoms with E-state index in [1.165, 1.54) is 11.4 Å². The normalized spacial score (nSPS) is 28.8. The molecule has 1 aromatic heterocycles. The summed E-state index contributed by atoms with van der Waals surface area (Å²) < 4.78 is 26.3. The van der Waals surface area contributed by atoms with E-state index in [2.05, 4.69) is 0 Å². The average molecular weight is 239 g/mol. The highest BCUT2D eigenvalue weighted by molar-refractivity contribution is 7.14. The molecule has 0 aromatic carbocycles. The Hall–Kier alpha value is -0.680. The van der Waals surface area contributed by atoms with Crippen LogP contribution in [0.2, 0.25) is 4.34 Å². The summed E-state index contributed by atoms with van der Waals surface area (Å²) in [5.74, 6) is -4.64. The number of carboxylic acid groups (broad SMARTS) is 1. The van der Waals surface area contributed by atoms with Crippen molar-refractivity contribution in [2.24, 2.45) is 0 Å². The molecule has 0 spiro atoms. The first-order valence-electron chi connectivity index (χ1n) is 3.76. The smallest absolute Gasteiger partial charge is 0.320 e. The van der Waals surface area contributed by atoms with E-state index in [4.69, 9.17) is 16.7 Å². The Labute approximate surface area is 87.1 Å². The lowest BCUT2D eigenvalue weighted by molar-refractivity contribution is -0.142. The van der Waals surface area contributed by atoms with E-state index in [-0.39, 0.29) is 5.56 Å². The van der Waals surface area contributed by atoms with E-state index >= 15 is 0 Å². The van der Waals surface area contributed by atoms with Crippen LogP contribution in [0.15, 0.2) is 11.4 Å². The Bertz CT molecular complexity index is 404. The lowest BCUT2D eigenvalue weighted by atomic mass is 9.99. The highest BCUT2D eigenvalue weighted by Crippen LogP contribution is 2.62. The van der Waals surface area contributed by atoms with Crippen LogP contribution in [-0.2, 0) is 10.2 Å². The van der Waals surface area contributed by atoms with E-state index < -0.39 is 23.7 Å². The number of carboxylic acids is 1. The molecule has 0 bridgehead atoms. The maximum absolute atomic E-state index is 13.0. The molecular formula is C8H5ClF2O2S. The molecule has 1 fully saturated rings. The van der Waals surface area contributed by atoms with E-state index in [9.17, 15) is 13.6 Å². The molecule has 1 N–H and O–H groups in total. The van der Waals surface area contributed by atoms with Crippen molar-refractivity contribution < 1.29 is 18.7 Å². The number of thiophene rings is 1. The average Bonchev–Trinajstić information content (AvgIpc) is 2.44. The molecule has 0 radical (unpaired) electrons. The van der Waals surface area contributed by atoms with E-state index in [0.717, 1.165) is 11.3 Å². The topological polar surface area (TPSA) is 37.3 Å². The van der Waals surface area contributed by atoms with Gasteiger partial charge in [0, 0.05) is 6.42 Å². The zero-order valence-corrected chi connectivity index (χ0v) is 8.33. The molecule has 0 saturated heterocycles. The maximum atomic E-state index is 13.0. The van der Waals surface area contributed by atoms with Gasteiger partial charge in [-0.3, -0.25) is 4.79 Å². The van der Waals surface area contributed by atoms with Crippen molar-refractivity contribution in [1.82, 2.24) is 0 Å². The number of aliphatic carboxylic acids is 1. The predicted molar refractivity (Wildman–Crippen MR) is 48.2 cm³/mol. The van der Waals surface area contributed by atoms with E-state index in [1.54, 1.807) is 0 Å². The molecule has 1 atom stereocenters. The van der Waals surface area contributed by atoms with Crippen LogP contribution in [0.4, 0.5) is 8.78 Å². The molecule has 2 nitrogen and oxygen atoms in total. The van der Waals surface area contributed by atoms with E-state index in [1.807, 2.05) is 0 Å². The van der Waals surface area contributed by atoms with Gasteiger partial charge in [-0.25, -0.2) is 8.78 Å². The van der Waals surface area contributed by atoms with Gasteiger partial charge in [0.1, 0.15) is 0 Å². The second kappa shape index (κ2) is 2.67. The number of hydrogen-bond donors (Lipinski definition) is 1. The minimum absolute atomic E-state index is 0.102. The van der Waals surface area contributed by atoms with Gasteiger partial charge in [0.15, 0.2) is 5.41 Å². The van der Waals surface area contributed by atoms with Gasteiger partial charge in [0.2, 0.25) is 0 Å². The summed E-state index contributed by atoms with van der Waals surface area (Å²) in [6, 6.07) is 1.29. The molecule has 76 valence electrons. The van der Waals surface area contributed by atoms with Crippen molar-refractivity contribution in [2.75, 3.05) is 0 Å². The zero-order chi connectivity index (χ0) is 10.6. The van der Waals surface area contributed by atoms with Gasteiger partial charge in [-0.1, -0.05) is 11.6 Å². The van der Waals surface area contributed by atoms with Crippen molar-refractivity contribution in [1.29, 1.82) is 0 Å². The Kier molecular flexibility index (Phi) is 1.88. The summed E-state index contributed by atoms with van der Waals surface area (Å²) in [4.78, 5) is 10.8. The third-order valence-electron chi connectivity index (χ3n) is 2.41. The molecule has 1 aliphatic carbocycles. The van der Waals surface area contributed by atoms with Crippen LogP contribution in [0, 0.1) is 0 Å². The first-order valence-corrected chi connectivity index (χ1v) is 5.02. The number of halogens is 3. The second-order valence-corrected chi connectivity index (χ2v) is 4.77. The van der Waals surface area contributed by atoms with Crippen LogP contribution in [-0.4, -0.2) is 17.0 Å². The van der Waals surface area contributed by atoms with Gasteiger partial charge < -0.3 is 5.11 Å². The predicted octanol–water partition coefficient (Wildman–Crippen LogP) is 2.76. The van der Waals surface area contributed by atoms with Crippen LogP contribution in [0.25, 0.3) is 0 Å². The fraction of sp³-hybridized carbons (Fsp3) is 0.375. The van der Waals surface area contributed by atoms with Gasteiger partial charge >= 0.3 is 5.97 Å². The Morgan fingerprint density at radius 2 is 2.21 bits per heavy atom. The van der Waals surface area contributed by atoms with Crippen LogP contribution >= 0.6 is 22.9 Å². The molecular weight excluding hydrogens is 234 g/mol. The molecule has 2 rings (SSSR count). The van der Waals surface area contributed by atoms with Crippen LogP contribution in [0.5, 0.6) is 0 Å². The Balaban J connectivity index is 2.46. The minimum Gasteiger partial charge on any atom is -0.480 e. The van der Waals surface area contributed by atoms with E-state index in [0.29, 0.717) is 4.34 Å². The first-order chi connectivity index (χ1) is 6.40. The number of carbonyl (C=O) groups is 1. The molecule has 1 aromatic rings. The summed E-state index contributed by atoms with van der Waals surface area (Å²) in [6.07, 6.45) is -0.637. The molecule has 0 amide bonds. The molecule has 1 heterocycles. The van der Waals surface area contributed by atoms with Crippen molar-refractivity contribution in [2.45, 2.75) is 17.8 Å². The summed E-state index contributed by atoms with van der Waals surface area (Å²) in [5, 5.41) is 10.2. The minimum atomic E-state index is -3.15. The number of hydrogen-bond acceptors (Lipinski definition) is 2. The standard InChI is InChI=1S/C8H5ClF2O2S/c9-5-1-4(2-14-5)7(6(12)13)3-8(7,10)11/h1-2H,3H2,(H,12,13). The van der Waals surface area contributed by atoms with Gasteiger partial charge in [-0.2, -0.15) is 0 Å². The quantitative estimate of drug-likeness (QED) is 0.860. The highest BCUT2D eigenvalue weighted by Gasteiger charge is 2.77. The van der Waals surface area contributed by atoms with Crippen molar-refractivity contribution in [3.8, 4) is 0 Å². The molecule has 6 heteroatoms. The Morgan fingerprint density at radius 3 is 2.50 bits per heavy atom. The Morgan fingerprint density at radius 1 is 1.64 bits per heavy atom. The lowest BCUT2D eigenvalue weighted by Crippen LogP contribution is -2.26. The largest absolute Gasteiger partial charge is 0.480 e. The first kappa shape index (κ1) is 9.86. The fourth-order valence-electron chi connectivity index (χ4n) is 1.49. The second-order valence-electron chi connectivity index (χ2n) is 3.23. The molecule has 1 saturated carbocycles. The van der Waals surface area contributed by atoms with Crippen molar-refractivity contribution in [3.63, 3.8) is 0 Å².